The molecule has 0 saturated heterocycles. The molecule has 5 heteroatoms. The summed E-state index contributed by atoms with van der Waals surface area (Å²) in [6.45, 7) is 1.20. The Morgan fingerprint density at radius 1 is 1.03 bits per heavy atom. The zero-order valence-electron chi connectivity index (χ0n) is 18.1. The summed E-state index contributed by atoms with van der Waals surface area (Å²) in [6.07, 6.45) is 3.23. The molecule has 0 amide bonds. The first kappa shape index (κ1) is 22.1. The fraction of sp³-hybridized carbons (Fsp3) is 0.192. The first-order chi connectivity index (χ1) is 15.0. The summed E-state index contributed by atoms with van der Waals surface area (Å²) in [5.41, 5.74) is 4.22. The van der Waals surface area contributed by atoms with Crippen molar-refractivity contribution in [2.75, 3.05) is 26.1 Å². The van der Waals surface area contributed by atoms with Crippen molar-refractivity contribution in [2.45, 2.75) is 13.1 Å². The van der Waals surface area contributed by atoms with E-state index in [0.717, 1.165) is 16.8 Å². The molecule has 5 nitrogen and oxygen atoms in total. The van der Waals surface area contributed by atoms with Crippen molar-refractivity contribution in [1.29, 1.82) is 0 Å². The smallest absolute Gasteiger partial charge is 0.189 e. The molecule has 0 aliphatic heterocycles. The van der Waals surface area contributed by atoms with Gasteiger partial charge < -0.3 is 20.1 Å². The van der Waals surface area contributed by atoms with Gasteiger partial charge >= 0.3 is 0 Å². The van der Waals surface area contributed by atoms with Crippen LogP contribution in [-0.2, 0) is 13.1 Å². The van der Waals surface area contributed by atoms with E-state index in [1.165, 1.54) is 17.7 Å². The van der Waals surface area contributed by atoms with E-state index < -0.39 is 0 Å². The molecule has 0 unspecified atom stereocenters. The zero-order chi connectivity index (χ0) is 22.2. The number of carbonyl (C=O) groups excluding carboxylic acids is 1. The number of allylic oxidation sites excluding steroid dienone is 1. The first-order valence-corrected chi connectivity index (χ1v) is 10.1. The molecule has 0 aliphatic rings. The van der Waals surface area contributed by atoms with Crippen molar-refractivity contribution in [3.63, 3.8) is 0 Å². The lowest BCUT2D eigenvalue weighted by atomic mass is 10.0. The molecule has 0 spiro atoms. The second-order valence-corrected chi connectivity index (χ2v) is 7.45. The van der Waals surface area contributed by atoms with Crippen molar-refractivity contribution in [3.8, 4) is 11.5 Å². The second-order valence-electron chi connectivity index (χ2n) is 7.45. The number of rotatable bonds is 9. The van der Waals surface area contributed by atoms with Gasteiger partial charge in [-0.1, -0.05) is 48.5 Å². The minimum atomic E-state index is -0.263. The average molecular weight is 417 g/mol. The van der Waals surface area contributed by atoms with Crippen LogP contribution in [0.25, 0.3) is 6.08 Å². The molecule has 3 rings (SSSR count). The van der Waals surface area contributed by atoms with Gasteiger partial charge in [0.25, 0.3) is 0 Å². The van der Waals surface area contributed by atoms with Gasteiger partial charge in [-0.05, 0) is 35.4 Å². The summed E-state index contributed by atoms with van der Waals surface area (Å²) in [4.78, 5) is 14.8. The largest absolute Gasteiger partial charge is 0.507 e. The Morgan fingerprint density at radius 2 is 1.74 bits per heavy atom. The quantitative estimate of drug-likeness (QED) is 0.393. The minimum absolute atomic E-state index is 0.0961. The van der Waals surface area contributed by atoms with Crippen molar-refractivity contribution >= 4 is 17.5 Å². The molecule has 0 aromatic heterocycles. The summed E-state index contributed by atoms with van der Waals surface area (Å²) in [7, 11) is 5.51. The number of phenolic OH excluding ortho intramolecular Hbond substituents is 1. The van der Waals surface area contributed by atoms with Crippen LogP contribution >= 0.6 is 0 Å². The second kappa shape index (κ2) is 10.5. The normalized spacial score (nSPS) is 10.9. The highest BCUT2D eigenvalue weighted by molar-refractivity contribution is 6.08. The summed E-state index contributed by atoms with van der Waals surface area (Å²) >= 11 is 0. The van der Waals surface area contributed by atoms with E-state index in [1.54, 1.807) is 19.3 Å². The lowest BCUT2D eigenvalue weighted by Crippen LogP contribution is -2.14. The number of benzene rings is 3. The van der Waals surface area contributed by atoms with Crippen LogP contribution in [-0.4, -0.2) is 32.1 Å². The standard InChI is InChI=1S/C26H28N2O3/c1-28(2)22-12-9-19(10-13-22)11-14-24(29)23-15-21(26(31-3)16-25(23)30)18-27-17-20-7-5-4-6-8-20/h4-16,27,30H,17-18H2,1-3H3/b14-11+. The van der Waals surface area contributed by atoms with E-state index in [-0.39, 0.29) is 17.1 Å². The topological polar surface area (TPSA) is 61.8 Å². The number of nitrogens with one attached hydrogen (secondary N) is 1. The van der Waals surface area contributed by atoms with Gasteiger partial charge in [-0.25, -0.2) is 0 Å². The third kappa shape index (κ3) is 5.96. The number of anilines is 1. The number of phenols is 1. The van der Waals surface area contributed by atoms with Gasteiger partial charge in [0, 0.05) is 44.5 Å². The number of hydrogen-bond donors (Lipinski definition) is 2. The fourth-order valence-corrected chi connectivity index (χ4v) is 3.22. The maximum absolute atomic E-state index is 12.7. The van der Waals surface area contributed by atoms with Crippen LogP contribution in [0.1, 0.15) is 27.0 Å². The Labute approximate surface area is 183 Å². The van der Waals surface area contributed by atoms with E-state index in [9.17, 15) is 9.90 Å². The Bertz CT molecular complexity index is 1040. The lowest BCUT2D eigenvalue weighted by molar-refractivity contribution is 0.104. The zero-order valence-corrected chi connectivity index (χ0v) is 18.1. The average Bonchev–Trinajstić information content (AvgIpc) is 2.79. The van der Waals surface area contributed by atoms with Gasteiger partial charge in [0.15, 0.2) is 5.78 Å². The highest BCUT2D eigenvalue weighted by Crippen LogP contribution is 2.29. The third-order valence-corrected chi connectivity index (χ3v) is 4.99. The van der Waals surface area contributed by atoms with Gasteiger partial charge in [0.1, 0.15) is 11.5 Å². The number of ketones is 1. The number of aromatic hydroxyl groups is 1. The third-order valence-electron chi connectivity index (χ3n) is 4.99. The summed E-state index contributed by atoms with van der Waals surface area (Å²) in [5.74, 6) is 0.181. The van der Waals surface area contributed by atoms with Gasteiger partial charge in [-0.3, -0.25) is 4.79 Å². The van der Waals surface area contributed by atoms with Crippen LogP contribution in [0.5, 0.6) is 11.5 Å². The fourth-order valence-electron chi connectivity index (χ4n) is 3.22. The Hall–Kier alpha value is -3.57. The van der Waals surface area contributed by atoms with Crippen LogP contribution in [0.2, 0.25) is 0 Å². The van der Waals surface area contributed by atoms with Gasteiger partial charge in [0.2, 0.25) is 0 Å². The molecular weight excluding hydrogens is 388 g/mol. The number of hydrogen-bond acceptors (Lipinski definition) is 5. The molecule has 0 heterocycles. The Balaban J connectivity index is 1.73. The number of ether oxygens (including phenoxy) is 1. The maximum atomic E-state index is 12.7. The molecule has 3 aromatic carbocycles. The summed E-state index contributed by atoms with van der Waals surface area (Å²) in [6, 6.07) is 21.1. The van der Waals surface area contributed by atoms with Crippen LogP contribution in [0.4, 0.5) is 5.69 Å². The highest BCUT2D eigenvalue weighted by Gasteiger charge is 2.14. The molecular formula is C26H28N2O3. The minimum Gasteiger partial charge on any atom is -0.507 e. The molecule has 0 bridgehead atoms. The highest BCUT2D eigenvalue weighted by atomic mass is 16.5. The van der Waals surface area contributed by atoms with Crippen LogP contribution in [0, 0.1) is 0 Å². The monoisotopic (exact) mass is 416 g/mol. The molecule has 0 radical (unpaired) electrons. The molecule has 0 aliphatic carbocycles. The lowest BCUT2D eigenvalue weighted by Gasteiger charge is -2.13. The predicted molar refractivity (Wildman–Crippen MR) is 126 cm³/mol. The number of methoxy groups -OCH3 is 1. The number of carbonyl (C=O) groups is 1. The summed E-state index contributed by atoms with van der Waals surface area (Å²) in [5, 5.41) is 13.7. The molecule has 3 aromatic rings. The van der Waals surface area contributed by atoms with E-state index in [0.29, 0.717) is 18.8 Å². The molecule has 31 heavy (non-hydrogen) atoms. The number of nitrogens with zero attached hydrogens (tertiary/aromatic N) is 1. The van der Waals surface area contributed by atoms with Gasteiger partial charge in [-0.15, -0.1) is 0 Å². The molecule has 0 atom stereocenters. The van der Waals surface area contributed by atoms with Crippen molar-refractivity contribution in [2.24, 2.45) is 0 Å². The van der Waals surface area contributed by atoms with Crippen molar-refractivity contribution in [1.82, 2.24) is 5.32 Å². The van der Waals surface area contributed by atoms with Crippen LogP contribution in [0.3, 0.4) is 0 Å². The SMILES string of the molecule is COc1cc(O)c(C(=O)/C=C/c2ccc(N(C)C)cc2)cc1CNCc1ccccc1. The molecule has 2 N–H and O–H groups in total. The van der Waals surface area contributed by atoms with Crippen molar-refractivity contribution < 1.29 is 14.6 Å². The van der Waals surface area contributed by atoms with E-state index in [2.05, 4.69) is 5.32 Å². The summed E-state index contributed by atoms with van der Waals surface area (Å²) < 4.78 is 5.39. The van der Waals surface area contributed by atoms with Crippen LogP contribution in [0.15, 0.2) is 72.8 Å². The van der Waals surface area contributed by atoms with E-state index >= 15 is 0 Å². The molecule has 160 valence electrons. The van der Waals surface area contributed by atoms with E-state index in [1.807, 2.05) is 73.6 Å². The Kier molecular flexibility index (Phi) is 7.46. The maximum Gasteiger partial charge on any atom is 0.189 e. The van der Waals surface area contributed by atoms with Crippen LogP contribution < -0.4 is 15.0 Å². The Morgan fingerprint density at radius 3 is 2.39 bits per heavy atom. The van der Waals surface area contributed by atoms with Gasteiger partial charge in [0.05, 0.1) is 12.7 Å². The first-order valence-electron chi connectivity index (χ1n) is 10.1. The predicted octanol–water partition coefficient (Wildman–Crippen LogP) is 4.65. The van der Waals surface area contributed by atoms with E-state index in [4.69, 9.17) is 4.74 Å². The molecule has 0 fully saturated rings. The molecule has 0 saturated carbocycles. The van der Waals surface area contributed by atoms with Crippen molar-refractivity contribution in [3.05, 3.63) is 95.1 Å². The van der Waals surface area contributed by atoms with Gasteiger partial charge in [-0.2, -0.15) is 0 Å².